The van der Waals surface area contributed by atoms with Crippen LogP contribution in [0.1, 0.15) is 24.4 Å². The lowest BCUT2D eigenvalue weighted by Gasteiger charge is -2.32. The molecule has 1 aliphatic heterocycles. The van der Waals surface area contributed by atoms with Crippen molar-refractivity contribution >= 4 is 28.4 Å². The Labute approximate surface area is 163 Å². The Kier molecular flexibility index (Phi) is 4.98. The minimum Gasteiger partial charge on any atom is -0.408 e. The number of likely N-dealkylation sites (tertiary alicyclic amines) is 1. The van der Waals surface area contributed by atoms with Gasteiger partial charge in [-0.1, -0.05) is 23.7 Å². The molecule has 0 spiro atoms. The number of benzene rings is 2. The monoisotopic (exact) mass is 385 g/mol. The maximum absolute atomic E-state index is 12.3. The standard InChI is InChI=1S/C21H24ClN3O2/c1-23(2)17-6-3-15(4-7-17)14-24-11-9-18(10-12-24)25-19-13-16(22)5-8-20(19)27-21(25)26/h3-8,13,18H,9-12,14H2,1-2H3. The highest BCUT2D eigenvalue weighted by molar-refractivity contribution is 6.31. The first-order chi connectivity index (χ1) is 13.0. The molecule has 0 amide bonds. The van der Waals surface area contributed by atoms with Gasteiger partial charge in [0.25, 0.3) is 0 Å². The molecule has 0 bridgehead atoms. The van der Waals surface area contributed by atoms with Crippen LogP contribution >= 0.6 is 11.6 Å². The summed E-state index contributed by atoms with van der Waals surface area (Å²) in [6.45, 7) is 2.85. The van der Waals surface area contributed by atoms with E-state index < -0.39 is 0 Å². The Morgan fingerprint density at radius 1 is 1.11 bits per heavy atom. The van der Waals surface area contributed by atoms with Gasteiger partial charge in [0.1, 0.15) is 0 Å². The van der Waals surface area contributed by atoms with Crippen molar-refractivity contribution in [3.63, 3.8) is 0 Å². The van der Waals surface area contributed by atoms with Crippen LogP contribution in [0.25, 0.3) is 11.1 Å². The Bertz CT molecular complexity index is 983. The fraction of sp³-hybridized carbons (Fsp3) is 0.381. The van der Waals surface area contributed by atoms with E-state index in [1.807, 2.05) is 6.07 Å². The number of hydrogen-bond acceptors (Lipinski definition) is 4. The zero-order valence-corrected chi connectivity index (χ0v) is 16.4. The summed E-state index contributed by atoms with van der Waals surface area (Å²) in [6, 6.07) is 14.2. The van der Waals surface area contributed by atoms with Crippen molar-refractivity contribution in [1.29, 1.82) is 0 Å². The lowest BCUT2D eigenvalue weighted by Crippen LogP contribution is -2.36. The van der Waals surface area contributed by atoms with Crippen molar-refractivity contribution < 1.29 is 4.42 Å². The van der Waals surface area contributed by atoms with Crippen molar-refractivity contribution in [3.05, 3.63) is 63.6 Å². The van der Waals surface area contributed by atoms with Crippen LogP contribution < -0.4 is 10.7 Å². The number of halogens is 1. The number of hydrogen-bond donors (Lipinski definition) is 0. The summed E-state index contributed by atoms with van der Waals surface area (Å²) in [5.41, 5.74) is 3.93. The van der Waals surface area contributed by atoms with Gasteiger partial charge in [-0.2, -0.15) is 0 Å². The summed E-state index contributed by atoms with van der Waals surface area (Å²) < 4.78 is 7.17. The predicted octanol–water partition coefficient (Wildman–Crippen LogP) is 4.15. The smallest absolute Gasteiger partial charge is 0.408 e. The largest absolute Gasteiger partial charge is 0.420 e. The highest BCUT2D eigenvalue weighted by atomic mass is 35.5. The van der Waals surface area contributed by atoms with Crippen LogP contribution in [0.5, 0.6) is 0 Å². The van der Waals surface area contributed by atoms with Gasteiger partial charge in [0.05, 0.1) is 5.52 Å². The molecule has 3 aromatic rings. The van der Waals surface area contributed by atoms with Crippen molar-refractivity contribution in [1.82, 2.24) is 9.47 Å². The first-order valence-electron chi connectivity index (χ1n) is 9.30. The molecular weight excluding hydrogens is 362 g/mol. The molecule has 6 heteroatoms. The van der Waals surface area contributed by atoms with Crippen molar-refractivity contribution in [3.8, 4) is 0 Å². The molecule has 0 aliphatic carbocycles. The molecular formula is C21H24ClN3O2. The summed E-state index contributed by atoms with van der Waals surface area (Å²) in [4.78, 5) is 16.9. The Hall–Kier alpha value is -2.24. The van der Waals surface area contributed by atoms with E-state index >= 15 is 0 Å². The molecule has 27 heavy (non-hydrogen) atoms. The lowest BCUT2D eigenvalue weighted by atomic mass is 10.0. The third-order valence-corrected chi connectivity index (χ3v) is 5.59. The van der Waals surface area contributed by atoms with Gasteiger partial charge in [-0.3, -0.25) is 9.47 Å². The van der Waals surface area contributed by atoms with E-state index in [0.717, 1.165) is 38.0 Å². The number of anilines is 1. The molecule has 1 saturated heterocycles. The van der Waals surface area contributed by atoms with Gasteiger partial charge in [0.15, 0.2) is 5.58 Å². The summed E-state index contributed by atoms with van der Waals surface area (Å²) >= 11 is 6.11. The van der Waals surface area contributed by atoms with Crippen LogP contribution in [0.15, 0.2) is 51.7 Å². The van der Waals surface area contributed by atoms with Gasteiger partial charge in [-0.05, 0) is 48.7 Å². The molecule has 2 aromatic carbocycles. The van der Waals surface area contributed by atoms with E-state index in [1.54, 1.807) is 16.7 Å². The van der Waals surface area contributed by atoms with Gasteiger partial charge in [0.2, 0.25) is 0 Å². The first-order valence-corrected chi connectivity index (χ1v) is 9.68. The second-order valence-electron chi connectivity index (χ2n) is 7.42. The summed E-state index contributed by atoms with van der Waals surface area (Å²) in [5.74, 6) is -0.287. The molecule has 4 rings (SSSR count). The minimum atomic E-state index is -0.287. The molecule has 142 valence electrons. The average Bonchev–Trinajstić information content (AvgIpc) is 2.98. The second-order valence-corrected chi connectivity index (χ2v) is 7.85. The maximum Gasteiger partial charge on any atom is 0.420 e. The summed E-state index contributed by atoms with van der Waals surface area (Å²) in [5, 5.41) is 0.621. The van der Waals surface area contributed by atoms with Crippen molar-refractivity contribution in [2.75, 3.05) is 32.1 Å². The summed E-state index contributed by atoms with van der Waals surface area (Å²) in [6.07, 6.45) is 1.85. The van der Waals surface area contributed by atoms with Crippen LogP contribution in [0.4, 0.5) is 5.69 Å². The highest BCUT2D eigenvalue weighted by Gasteiger charge is 2.24. The van der Waals surface area contributed by atoms with Crippen LogP contribution in [0.2, 0.25) is 5.02 Å². The SMILES string of the molecule is CN(C)c1ccc(CN2CCC(n3c(=O)oc4ccc(Cl)cc43)CC2)cc1. The van der Waals surface area contributed by atoms with Crippen molar-refractivity contribution in [2.24, 2.45) is 0 Å². The quantitative estimate of drug-likeness (QED) is 0.676. The normalized spacial score (nSPS) is 16.1. The van der Waals surface area contributed by atoms with E-state index in [-0.39, 0.29) is 11.8 Å². The maximum atomic E-state index is 12.3. The van der Waals surface area contributed by atoms with Crippen LogP contribution in [-0.4, -0.2) is 36.7 Å². The third-order valence-electron chi connectivity index (χ3n) is 5.36. The molecule has 1 aromatic heterocycles. The van der Waals surface area contributed by atoms with Gasteiger partial charge in [-0.25, -0.2) is 4.79 Å². The Balaban J connectivity index is 1.44. The predicted molar refractivity (Wildman–Crippen MR) is 110 cm³/mol. The molecule has 0 atom stereocenters. The van der Waals surface area contributed by atoms with E-state index in [9.17, 15) is 4.79 Å². The van der Waals surface area contributed by atoms with Gasteiger partial charge in [-0.15, -0.1) is 0 Å². The number of rotatable bonds is 4. The Morgan fingerprint density at radius 3 is 2.48 bits per heavy atom. The molecule has 5 nitrogen and oxygen atoms in total. The topological polar surface area (TPSA) is 41.6 Å². The minimum absolute atomic E-state index is 0.157. The molecule has 1 aliphatic rings. The summed E-state index contributed by atoms with van der Waals surface area (Å²) in [7, 11) is 4.10. The van der Waals surface area contributed by atoms with E-state index in [2.05, 4.69) is 48.2 Å². The molecule has 0 unspecified atom stereocenters. The van der Waals surface area contributed by atoms with Gasteiger partial charge in [0, 0.05) is 50.5 Å². The Morgan fingerprint density at radius 2 is 1.81 bits per heavy atom. The van der Waals surface area contributed by atoms with E-state index in [0.29, 0.717) is 10.6 Å². The molecule has 0 radical (unpaired) electrons. The number of nitrogens with zero attached hydrogens (tertiary/aromatic N) is 3. The first kappa shape index (κ1) is 18.1. The number of fused-ring (bicyclic) bond motifs is 1. The zero-order valence-electron chi connectivity index (χ0n) is 15.7. The van der Waals surface area contributed by atoms with Crippen molar-refractivity contribution in [2.45, 2.75) is 25.4 Å². The second kappa shape index (κ2) is 7.41. The fourth-order valence-corrected chi connectivity index (χ4v) is 4.01. The van der Waals surface area contributed by atoms with Gasteiger partial charge < -0.3 is 9.32 Å². The van der Waals surface area contributed by atoms with E-state index in [4.69, 9.17) is 16.0 Å². The molecule has 2 heterocycles. The van der Waals surface area contributed by atoms with E-state index in [1.165, 1.54) is 11.3 Å². The molecule has 0 saturated carbocycles. The lowest BCUT2D eigenvalue weighted by molar-refractivity contribution is 0.177. The highest BCUT2D eigenvalue weighted by Crippen LogP contribution is 2.28. The van der Waals surface area contributed by atoms with Crippen LogP contribution in [0, 0.1) is 0 Å². The number of aromatic nitrogens is 1. The molecule has 0 N–H and O–H groups in total. The number of oxazole rings is 1. The van der Waals surface area contributed by atoms with Gasteiger partial charge >= 0.3 is 5.76 Å². The average molecular weight is 386 g/mol. The third kappa shape index (κ3) is 3.75. The number of piperidine rings is 1. The molecule has 1 fully saturated rings. The van der Waals surface area contributed by atoms with Crippen LogP contribution in [-0.2, 0) is 6.54 Å². The van der Waals surface area contributed by atoms with Crippen LogP contribution in [0.3, 0.4) is 0 Å². The zero-order chi connectivity index (χ0) is 19.0. The fourth-order valence-electron chi connectivity index (χ4n) is 3.85.